The van der Waals surface area contributed by atoms with Gasteiger partial charge in [-0.15, -0.1) is 0 Å². The number of rotatable bonds is 3. The maximum atomic E-state index is 9.29. The van der Waals surface area contributed by atoms with E-state index in [1.54, 1.807) is 0 Å². The van der Waals surface area contributed by atoms with Gasteiger partial charge in [-0.05, 0) is 50.5 Å². The van der Waals surface area contributed by atoms with Gasteiger partial charge in [0.2, 0.25) is 0 Å². The van der Waals surface area contributed by atoms with Crippen molar-refractivity contribution >= 4 is 21.6 Å². The van der Waals surface area contributed by atoms with E-state index < -0.39 is 0 Å². The molecule has 1 aliphatic heterocycles. The molecule has 1 aromatic carbocycles. The third kappa shape index (κ3) is 3.71. The summed E-state index contributed by atoms with van der Waals surface area (Å²) in [5.41, 5.74) is 2.57. The molecular formula is C15H23BrN2O. The SMILES string of the molecule is Cc1cc(Br)ccc1N1CCC(C)NCC1CCO. The van der Waals surface area contributed by atoms with Gasteiger partial charge in [-0.2, -0.15) is 0 Å². The Morgan fingerprint density at radius 1 is 1.47 bits per heavy atom. The Hall–Kier alpha value is -0.580. The minimum absolute atomic E-state index is 0.243. The molecule has 2 rings (SSSR count). The average Bonchev–Trinajstić information content (AvgIpc) is 2.54. The third-order valence-corrected chi connectivity index (χ3v) is 4.37. The number of nitrogens with zero attached hydrogens (tertiary/aromatic N) is 1. The first kappa shape index (κ1) is 14.8. The number of benzene rings is 1. The molecule has 0 aromatic heterocycles. The average molecular weight is 327 g/mol. The molecule has 2 atom stereocenters. The van der Waals surface area contributed by atoms with E-state index in [1.165, 1.54) is 11.3 Å². The Morgan fingerprint density at radius 3 is 2.95 bits per heavy atom. The van der Waals surface area contributed by atoms with Crippen molar-refractivity contribution in [2.45, 2.75) is 38.8 Å². The molecule has 0 saturated carbocycles. The van der Waals surface area contributed by atoms with Gasteiger partial charge in [0, 0.05) is 41.9 Å². The molecule has 0 amide bonds. The van der Waals surface area contributed by atoms with Crippen molar-refractivity contribution in [3.8, 4) is 0 Å². The maximum Gasteiger partial charge on any atom is 0.0451 e. The van der Waals surface area contributed by atoms with Gasteiger partial charge in [0.1, 0.15) is 0 Å². The van der Waals surface area contributed by atoms with Crippen LogP contribution in [0.1, 0.15) is 25.3 Å². The summed E-state index contributed by atoms with van der Waals surface area (Å²) in [5.74, 6) is 0. The lowest BCUT2D eigenvalue weighted by molar-refractivity contribution is 0.272. The molecule has 1 aliphatic rings. The van der Waals surface area contributed by atoms with Crippen LogP contribution >= 0.6 is 15.9 Å². The van der Waals surface area contributed by atoms with Crippen LogP contribution in [0.5, 0.6) is 0 Å². The molecule has 0 spiro atoms. The molecule has 106 valence electrons. The van der Waals surface area contributed by atoms with Crippen LogP contribution in [0.25, 0.3) is 0 Å². The second-order valence-electron chi connectivity index (χ2n) is 5.39. The van der Waals surface area contributed by atoms with Crippen molar-refractivity contribution in [2.24, 2.45) is 0 Å². The quantitative estimate of drug-likeness (QED) is 0.896. The molecule has 3 nitrogen and oxygen atoms in total. The molecule has 0 aliphatic carbocycles. The molecule has 19 heavy (non-hydrogen) atoms. The summed E-state index contributed by atoms with van der Waals surface area (Å²) in [6.07, 6.45) is 1.95. The van der Waals surface area contributed by atoms with Gasteiger partial charge in [0.25, 0.3) is 0 Å². The summed E-state index contributed by atoms with van der Waals surface area (Å²) in [6.45, 7) is 6.61. The van der Waals surface area contributed by atoms with Crippen LogP contribution in [0.2, 0.25) is 0 Å². The van der Waals surface area contributed by atoms with Crippen LogP contribution in [0.15, 0.2) is 22.7 Å². The number of halogens is 1. The van der Waals surface area contributed by atoms with E-state index in [2.05, 4.69) is 58.2 Å². The molecule has 0 radical (unpaired) electrons. The van der Waals surface area contributed by atoms with Crippen molar-refractivity contribution in [3.05, 3.63) is 28.2 Å². The first-order valence-corrected chi connectivity index (χ1v) is 7.78. The van der Waals surface area contributed by atoms with Crippen molar-refractivity contribution in [2.75, 3.05) is 24.6 Å². The number of hydrogen-bond acceptors (Lipinski definition) is 3. The lowest BCUT2D eigenvalue weighted by atomic mass is 10.1. The van der Waals surface area contributed by atoms with Crippen molar-refractivity contribution < 1.29 is 5.11 Å². The summed E-state index contributed by atoms with van der Waals surface area (Å²) >= 11 is 3.52. The molecule has 2 unspecified atom stereocenters. The highest BCUT2D eigenvalue weighted by atomic mass is 79.9. The molecule has 1 fully saturated rings. The number of aliphatic hydroxyl groups is 1. The third-order valence-electron chi connectivity index (χ3n) is 3.88. The Kier molecular flexibility index (Phi) is 5.25. The van der Waals surface area contributed by atoms with E-state index in [0.29, 0.717) is 12.1 Å². The minimum Gasteiger partial charge on any atom is -0.396 e. The van der Waals surface area contributed by atoms with Crippen LogP contribution in [-0.2, 0) is 0 Å². The summed E-state index contributed by atoms with van der Waals surface area (Å²) in [7, 11) is 0. The largest absolute Gasteiger partial charge is 0.396 e. The smallest absolute Gasteiger partial charge is 0.0451 e. The molecule has 2 N–H and O–H groups in total. The molecule has 1 aromatic rings. The Balaban J connectivity index is 2.26. The van der Waals surface area contributed by atoms with Crippen LogP contribution < -0.4 is 10.2 Å². The van der Waals surface area contributed by atoms with E-state index in [1.807, 2.05) is 0 Å². The van der Waals surface area contributed by atoms with Crippen LogP contribution in [0.3, 0.4) is 0 Å². The summed E-state index contributed by atoms with van der Waals surface area (Å²) in [4.78, 5) is 2.45. The standard InChI is InChI=1S/C15H23BrN2O/c1-11-9-13(16)3-4-15(11)18-7-5-12(2)17-10-14(18)6-8-19/h3-4,9,12,14,17,19H,5-8,10H2,1-2H3. The minimum atomic E-state index is 0.243. The number of hydrogen-bond donors (Lipinski definition) is 2. The summed E-state index contributed by atoms with van der Waals surface area (Å²) < 4.78 is 1.12. The second kappa shape index (κ2) is 6.73. The Labute approximate surface area is 124 Å². The van der Waals surface area contributed by atoms with E-state index in [9.17, 15) is 5.11 Å². The molecular weight excluding hydrogens is 304 g/mol. The van der Waals surface area contributed by atoms with Gasteiger partial charge in [-0.25, -0.2) is 0 Å². The zero-order chi connectivity index (χ0) is 13.8. The monoisotopic (exact) mass is 326 g/mol. The first-order chi connectivity index (χ1) is 9.11. The number of nitrogens with one attached hydrogen (secondary N) is 1. The second-order valence-corrected chi connectivity index (χ2v) is 6.30. The topological polar surface area (TPSA) is 35.5 Å². The summed E-state index contributed by atoms with van der Waals surface area (Å²) in [6, 6.07) is 7.35. The van der Waals surface area contributed by atoms with Gasteiger partial charge >= 0.3 is 0 Å². The van der Waals surface area contributed by atoms with Gasteiger partial charge in [0.05, 0.1) is 0 Å². The molecule has 4 heteroatoms. The van der Waals surface area contributed by atoms with Crippen molar-refractivity contribution in [1.29, 1.82) is 0 Å². The lowest BCUT2D eigenvalue weighted by Crippen LogP contribution is -2.41. The molecule has 1 saturated heterocycles. The highest BCUT2D eigenvalue weighted by Gasteiger charge is 2.24. The predicted molar refractivity (Wildman–Crippen MR) is 83.8 cm³/mol. The maximum absolute atomic E-state index is 9.29. The highest BCUT2D eigenvalue weighted by Crippen LogP contribution is 2.27. The van der Waals surface area contributed by atoms with Crippen LogP contribution in [0, 0.1) is 6.92 Å². The number of anilines is 1. The zero-order valence-corrected chi connectivity index (χ0v) is 13.3. The molecule has 0 bridgehead atoms. The fourth-order valence-corrected chi connectivity index (χ4v) is 3.21. The normalized spacial score (nSPS) is 24.3. The van der Waals surface area contributed by atoms with Gasteiger partial charge in [0.15, 0.2) is 0 Å². The van der Waals surface area contributed by atoms with E-state index >= 15 is 0 Å². The zero-order valence-electron chi connectivity index (χ0n) is 11.7. The van der Waals surface area contributed by atoms with Gasteiger partial charge in [-0.3, -0.25) is 0 Å². The molecule has 1 heterocycles. The fraction of sp³-hybridized carbons (Fsp3) is 0.600. The van der Waals surface area contributed by atoms with E-state index in [-0.39, 0.29) is 6.61 Å². The van der Waals surface area contributed by atoms with E-state index in [4.69, 9.17) is 0 Å². The highest BCUT2D eigenvalue weighted by molar-refractivity contribution is 9.10. The van der Waals surface area contributed by atoms with Gasteiger partial charge in [-0.1, -0.05) is 15.9 Å². The predicted octanol–water partition coefficient (Wildman–Crippen LogP) is 2.70. The summed E-state index contributed by atoms with van der Waals surface area (Å²) in [5, 5.41) is 12.8. The van der Waals surface area contributed by atoms with Crippen molar-refractivity contribution in [1.82, 2.24) is 5.32 Å². The van der Waals surface area contributed by atoms with Crippen molar-refractivity contribution in [3.63, 3.8) is 0 Å². The number of aryl methyl sites for hydroxylation is 1. The Bertz CT molecular complexity index is 425. The van der Waals surface area contributed by atoms with E-state index in [0.717, 1.165) is 30.4 Å². The van der Waals surface area contributed by atoms with Crippen LogP contribution in [-0.4, -0.2) is 36.9 Å². The Morgan fingerprint density at radius 2 is 2.26 bits per heavy atom. The van der Waals surface area contributed by atoms with Crippen LogP contribution in [0.4, 0.5) is 5.69 Å². The lowest BCUT2D eigenvalue weighted by Gasteiger charge is -2.32. The first-order valence-electron chi connectivity index (χ1n) is 6.99. The number of aliphatic hydroxyl groups excluding tert-OH is 1. The van der Waals surface area contributed by atoms with Gasteiger partial charge < -0.3 is 15.3 Å². The fourth-order valence-electron chi connectivity index (χ4n) is 2.73.